The standard InChI is InChI=1S/C22H24N6O/c29-22(20-14-28-21(27-20)5-2-8-25-28)24-12-16-6-7-17-10-18(26-19(17)9-16)13-23-11-15-3-1-4-15/h2,5-10,14-15,23,26H,1,3-4,11-13H2,(H,24,29). The Balaban J connectivity index is 1.21. The van der Waals surface area contributed by atoms with Crippen LogP contribution < -0.4 is 10.6 Å². The number of fused-ring (bicyclic) bond motifs is 2. The Labute approximate surface area is 168 Å². The Morgan fingerprint density at radius 1 is 1.21 bits per heavy atom. The highest BCUT2D eigenvalue weighted by Crippen LogP contribution is 2.25. The van der Waals surface area contributed by atoms with Crippen LogP contribution in [0.15, 0.2) is 48.8 Å². The van der Waals surface area contributed by atoms with Gasteiger partial charge in [-0.25, -0.2) is 9.50 Å². The molecule has 0 aliphatic heterocycles. The second-order valence-electron chi connectivity index (χ2n) is 7.78. The number of nitrogens with one attached hydrogen (secondary N) is 3. The quantitative estimate of drug-likeness (QED) is 0.454. The van der Waals surface area contributed by atoms with E-state index in [2.05, 4.69) is 43.9 Å². The molecule has 0 unspecified atom stereocenters. The second kappa shape index (κ2) is 7.67. The summed E-state index contributed by atoms with van der Waals surface area (Å²) < 4.78 is 1.60. The fourth-order valence-corrected chi connectivity index (χ4v) is 3.76. The predicted molar refractivity (Wildman–Crippen MR) is 112 cm³/mol. The van der Waals surface area contributed by atoms with E-state index in [-0.39, 0.29) is 5.91 Å². The highest BCUT2D eigenvalue weighted by Gasteiger charge is 2.16. The minimum Gasteiger partial charge on any atom is -0.357 e. The molecule has 29 heavy (non-hydrogen) atoms. The molecule has 0 bridgehead atoms. The van der Waals surface area contributed by atoms with E-state index in [1.165, 1.54) is 30.3 Å². The number of aromatic amines is 1. The van der Waals surface area contributed by atoms with Crippen molar-refractivity contribution in [2.24, 2.45) is 5.92 Å². The van der Waals surface area contributed by atoms with Gasteiger partial charge in [0.15, 0.2) is 5.65 Å². The number of carbonyl (C=O) groups excluding carboxylic acids is 1. The van der Waals surface area contributed by atoms with Crippen molar-refractivity contribution in [2.75, 3.05) is 6.54 Å². The monoisotopic (exact) mass is 388 g/mol. The lowest BCUT2D eigenvalue weighted by atomic mass is 9.85. The molecular formula is C22H24N6O. The van der Waals surface area contributed by atoms with Gasteiger partial charge in [-0.1, -0.05) is 18.6 Å². The lowest BCUT2D eigenvalue weighted by Crippen LogP contribution is -2.26. The molecule has 0 spiro atoms. The van der Waals surface area contributed by atoms with Crippen LogP contribution in [0.1, 0.15) is 41.0 Å². The molecule has 7 nitrogen and oxygen atoms in total. The van der Waals surface area contributed by atoms with E-state index in [4.69, 9.17) is 0 Å². The van der Waals surface area contributed by atoms with Gasteiger partial charge in [-0.2, -0.15) is 5.10 Å². The van der Waals surface area contributed by atoms with Gasteiger partial charge in [0.1, 0.15) is 5.69 Å². The Hall–Kier alpha value is -3.19. The molecule has 1 aromatic carbocycles. The number of amides is 1. The summed E-state index contributed by atoms with van der Waals surface area (Å²) in [6.07, 6.45) is 7.41. The number of nitrogens with zero attached hydrogens (tertiary/aromatic N) is 3. The van der Waals surface area contributed by atoms with Crippen LogP contribution in [0.2, 0.25) is 0 Å². The van der Waals surface area contributed by atoms with Crippen LogP contribution in [0.25, 0.3) is 16.6 Å². The summed E-state index contributed by atoms with van der Waals surface area (Å²) in [5, 5.41) is 11.8. The van der Waals surface area contributed by atoms with Crippen molar-refractivity contribution in [3.05, 3.63) is 65.7 Å². The van der Waals surface area contributed by atoms with E-state index >= 15 is 0 Å². The van der Waals surface area contributed by atoms with Crippen molar-refractivity contribution in [3.8, 4) is 0 Å². The molecule has 4 aromatic rings. The third kappa shape index (κ3) is 3.86. The van der Waals surface area contributed by atoms with Gasteiger partial charge in [-0.15, -0.1) is 0 Å². The van der Waals surface area contributed by atoms with E-state index in [0.717, 1.165) is 30.1 Å². The van der Waals surface area contributed by atoms with E-state index in [1.54, 1.807) is 23.0 Å². The number of imidazole rings is 1. The van der Waals surface area contributed by atoms with Crippen molar-refractivity contribution < 1.29 is 4.79 Å². The number of carbonyl (C=O) groups is 1. The van der Waals surface area contributed by atoms with E-state index in [0.29, 0.717) is 17.9 Å². The van der Waals surface area contributed by atoms with E-state index in [1.807, 2.05) is 12.1 Å². The third-order valence-corrected chi connectivity index (χ3v) is 5.64. The molecule has 7 heteroatoms. The van der Waals surface area contributed by atoms with Gasteiger partial charge >= 0.3 is 0 Å². The van der Waals surface area contributed by atoms with Gasteiger partial charge in [-0.05, 0) is 60.5 Å². The average molecular weight is 388 g/mol. The molecule has 1 aliphatic rings. The summed E-state index contributed by atoms with van der Waals surface area (Å²) in [7, 11) is 0. The van der Waals surface area contributed by atoms with Crippen molar-refractivity contribution >= 4 is 22.5 Å². The number of aromatic nitrogens is 4. The summed E-state index contributed by atoms with van der Waals surface area (Å²) >= 11 is 0. The second-order valence-corrected chi connectivity index (χ2v) is 7.78. The molecule has 148 valence electrons. The van der Waals surface area contributed by atoms with Crippen LogP contribution >= 0.6 is 0 Å². The lowest BCUT2D eigenvalue weighted by molar-refractivity contribution is 0.0946. The van der Waals surface area contributed by atoms with Gasteiger partial charge in [0.05, 0.1) is 6.20 Å². The summed E-state index contributed by atoms with van der Waals surface area (Å²) in [6.45, 7) is 2.41. The summed E-state index contributed by atoms with van der Waals surface area (Å²) in [5.41, 5.74) is 4.35. The molecule has 3 heterocycles. The smallest absolute Gasteiger partial charge is 0.271 e. The Morgan fingerprint density at radius 3 is 2.97 bits per heavy atom. The average Bonchev–Trinajstić information content (AvgIpc) is 3.31. The number of rotatable bonds is 7. The zero-order chi connectivity index (χ0) is 19.6. The van der Waals surface area contributed by atoms with Crippen molar-refractivity contribution in [1.82, 2.24) is 30.2 Å². The highest BCUT2D eigenvalue weighted by atomic mass is 16.1. The first-order chi connectivity index (χ1) is 14.2. The topological polar surface area (TPSA) is 87.1 Å². The minimum absolute atomic E-state index is 0.206. The molecule has 0 radical (unpaired) electrons. The Kier molecular flexibility index (Phi) is 4.73. The molecule has 1 fully saturated rings. The maximum atomic E-state index is 12.4. The fraction of sp³-hybridized carbons (Fsp3) is 0.318. The van der Waals surface area contributed by atoms with E-state index < -0.39 is 0 Å². The molecular weight excluding hydrogens is 364 g/mol. The third-order valence-electron chi connectivity index (χ3n) is 5.64. The zero-order valence-electron chi connectivity index (χ0n) is 16.2. The van der Waals surface area contributed by atoms with Gasteiger partial charge < -0.3 is 15.6 Å². The first kappa shape index (κ1) is 17.9. The molecule has 5 rings (SSSR count). The maximum Gasteiger partial charge on any atom is 0.271 e. The van der Waals surface area contributed by atoms with Crippen LogP contribution in [-0.2, 0) is 13.1 Å². The normalized spacial score (nSPS) is 14.3. The van der Waals surface area contributed by atoms with Crippen molar-refractivity contribution in [3.63, 3.8) is 0 Å². The van der Waals surface area contributed by atoms with Gasteiger partial charge in [-0.3, -0.25) is 4.79 Å². The minimum atomic E-state index is -0.206. The highest BCUT2D eigenvalue weighted by molar-refractivity contribution is 5.92. The predicted octanol–water partition coefficient (Wildman–Crippen LogP) is 3.03. The Morgan fingerprint density at radius 2 is 2.14 bits per heavy atom. The number of H-pyrrole nitrogens is 1. The van der Waals surface area contributed by atoms with Crippen LogP contribution in [0.5, 0.6) is 0 Å². The molecule has 1 amide bonds. The summed E-state index contributed by atoms with van der Waals surface area (Å²) in [4.78, 5) is 20.2. The van der Waals surface area contributed by atoms with Gasteiger partial charge in [0.2, 0.25) is 0 Å². The van der Waals surface area contributed by atoms with Crippen LogP contribution in [0.3, 0.4) is 0 Å². The zero-order valence-corrected chi connectivity index (χ0v) is 16.2. The van der Waals surface area contributed by atoms with Crippen LogP contribution in [0, 0.1) is 5.92 Å². The molecule has 3 N–H and O–H groups in total. The first-order valence-electron chi connectivity index (χ1n) is 10.1. The summed E-state index contributed by atoms with van der Waals surface area (Å²) in [5.74, 6) is 0.654. The largest absolute Gasteiger partial charge is 0.357 e. The molecule has 1 aliphatic carbocycles. The van der Waals surface area contributed by atoms with Crippen LogP contribution in [0.4, 0.5) is 0 Å². The molecule has 3 aromatic heterocycles. The number of hydrogen-bond acceptors (Lipinski definition) is 4. The van der Waals surface area contributed by atoms with Crippen LogP contribution in [-0.4, -0.2) is 32.0 Å². The van der Waals surface area contributed by atoms with E-state index in [9.17, 15) is 4.79 Å². The van der Waals surface area contributed by atoms with Crippen molar-refractivity contribution in [1.29, 1.82) is 0 Å². The maximum absolute atomic E-state index is 12.4. The van der Waals surface area contributed by atoms with Gasteiger partial charge in [0, 0.05) is 30.5 Å². The lowest BCUT2D eigenvalue weighted by Gasteiger charge is -2.25. The molecule has 0 atom stereocenters. The SMILES string of the molecule is O=C(NCc1ccc2cc(CNCC3CCC3)[nH]c2c1)c1cn2ncccc2n1. The Bertz CT molecular complexity index is 1120. The molecule has 0 saturated heterocycles. The fourth-order valence-electron chi connectivity index (χ4n) is 3.76. The number of benzene rings is 1. The van der Waals surface area contributed by atoms with Gasteiger partial charge in [0.25, 0.3) is 5.91 Å². The number of hydrogen-bond donors (Lipinski definition) is 3. The first-order valence-corrected chi connectivity index (χ1v) is 10.1. The van der Waals surface area contributed by atoms with Crippen molar-refractivity contribution in [2.45, 2.75) is 32.4 Å². The summed E-state index contributed by atoms with van der Waals surface area (Å²) in [6, 6.07) is 12.0. The molecule has 1 saturated carbocycles.